The van der Waals surface area contributed by atoms with Crippen LogP contribution in [0.3, 0.4) is 0 Å². The molecule has 5 rings (SSSR count). The molecule has 0 saturated carbocycles. The van der Waals surface area contributed by atoms with Gasteiger partial charge in [-0.3, -0.25) is 4.79 Å². The van der Waals surface area contributed by atoms with Crippen molar-refractivity contribution in [2.75, 3.05) is 0 Å². The highest BCUT2D eigenvalue weighted by Gasteiger charge is 2.39. The van der Waals surface area contributed by atoms with Crippen LogP contribution in [0.4, 0.5) is 0 Å². The highest BCUT2D eigenvalue weighted by Crippen LogP contribution is 2.45. The number of hydrogen-bond donors (Lipinski definition) is 0. The maximum absolute atomic E-state index is 12.7. The first-order chi connectivity index (χ1) is 12.3. The average Bonchev–Trinajstić information content (AvgIpc) is 3.28. The lowest BCUT2D eigenvalue weighted by atomic mass is 9.90. The fourth-order valence-corrected chi connectivity index (χ4v) is 3.27. The zero-order valence-corrected chi connectivity index (χ0v) is 12.9. The highest BCUT2D eigenvalue weighted by molar-refractivity contribution is 5.97. The van der Waals surface area contributed by atoms with Crippen LogP contribution in [0.1, 0.15) is 17.2 Å². The lowest BCUT2D eigenvalue weighted by Crippen LogP contribution is -2.14. The number of carbonyl (C=O) groups excluding carboxylic acids is 1. The van der Waals surface area contributed by atoms with E-state index in [1.165, 1.54) is 6.26 Å². The van der Waals surface area contributed by atoms with Crippen LogP contribution in [0.25, 0.3) is 22.2 Å². The predicted molar refractivity (Wildman–Crippen MR) is 89.0 cm³/mol. The Kier molecular flexibility index (Phi) is 2.90. The lowest BCUT2D eigenvalue weighted by molar-refractivity contribution is -0.133. The Morgan fingerprint density at radius 1 is 1.04 bits per heavy atom. The van der Waals surface area contributed by atoms with Crippen LogP contribution < -0.4 is 4.74 Å². The summed E-state index contributed by atoms with van der Waals surface area (Å²) >= 11 is 0. The van der Waals surface area contributed by atoms with Crippen molar-refractivity contribution in [3.63, 3.8) is 0 Å². The molecule has 0 bridgehead atoms. The number of ether oxygens (including phenoxy) is 1. The Morgan fingerprint density at radius 2 is 1.96 bits per heavy atom. The fraction of sp³-hybridized carbons (Fsp3) is 0.0526. The molecule has 0 N–H and O–H groups in total. The number of nitrogens with zero attached hydrogens (tertiary/aromatic N) is 3. The van der Waals surface area contributed by atoms with Gasteiger partial charge in [-0.1, -0.05) is 30.3 Å². The number of oxazole rings is 1. The quantitative estimate of drug-likeness (QED) is 0.414. The standard InChI is InChI=1S/C19H11N3O3/c23-19-16(17-12-5-2-1-4-11(12)10-21-22-17)15-13(18-20-8-9-24-18)6-3-7-14(15)25-19/h1-10,16H. The molecule has 0 spiro atoms. The highest BCUT2D eigenvalue weighted by atomic mass is 16.5. The summed E-state index contributed by atoms with van der Waals surface area (Å²) < 4.78 is 10.9. The Labute approximate surface area is 142 Å². The number of fused-ring (bicyclic) bond motifs is 2. The van der Waals surface area contributed by atoms with Crippen LogP contribution in [0.15, 0.2) is 65.5 Å². The van der Waals surface area contributed by atoms with Gasteiger partial charge in [0.15, 0.2) is 0 Å². The number of rotatable bonds is 2. The summed E-state index contributed by atoms with van der Waals surface area (Å²) in [7, 11) is 0. The van der Waals surface area contributed by atoms with Gasteiger partial charge >= 0.3 is 5.97 Å². The smallest absolute Gasteiger partial charge is 0.325 e. The monoisotopic (exact) mass is 329 g/mol. The van der Waals surface area contributed by atoms with Crippen molar-refractivity contribution in [1.82, 2.24) is 15.2 Å². The molecule has 3 heterocycles. The van der Waals surface area contributed by atoms with E-state index in [4.69, 9.17) is 9.15 Å². The second kappa shape index (κ2) is 5.24. The summed E-state index contributed by atoms with van der Waals surface area (Å²) in [4.78, 5) is 16.9. The van der Waals surface area contributed by atoms with Crippen LogP contribution in [-0.4, -0.2) is 21.2 Å². The first-order valence-electron chi connectivity index (χ1n) is 7.78. The first-order valence-corrected chi connectivity index (χ1v) is 7.78. The second-order valence-corrected chi connectivity index (χ2v) is 5.73. The minimum atomic E-state index is -0.670. The van der Waals surface area contributed by atoms with E-state index >= 15 is 0 Å². The van der Waals surface area contributed by atoms with Gasteiger partial charge in [0, 0.05) is 21.9 Å². The maximum Gasteiger partial charge on any atom is 0.325 e. The van der Waals surface area contributed by atoms with E-state index in [1.807, 2.05) is 36.4 Å². The first kappa shape index (κ1) is 13.9. The van der Waals surface area contributed by atoms with Crippen LogP contribution in [0.5, 0.6) is 5.75 Å². The van der Waals surface area contributed by atoms with E-state index in [2.05, 4.69) is 15.2 Å². The van der Waals surface area contributed by atoms with Crippen LogP contribution in [0.2, 0.25) is 0 Å². The molecule has 6 nitrogen and oxygen atoms in total. The number of hydrogen-bond acceptors (Lipinski definition) is 6. The van der Waals surface area contributed by atoms with E-state index in [1.54, 1.807) is 18.5 Å². The van der Waals surface area contributed by atoms with E-state index in [-0.39, 0.29) is 5.97 Å². The summed E-state index contributed by atoms with van der Waals surface area (Å²) in [5, 5.41) is 10.1. The third-order valence-corrected chi connectivity index (χ3v) is 4.34. The van der Waals surface area contributed by atoms with Crippen LogP contribution in [0, 0.1) is 0 Å². The molecule has 0 saturated heterocycles. The molecule has 1 unspecified atom stereocenters. The summed E-state index contributed by atoms with van der Waals surface area (Å²) in [5.41, 5.74) is 1.99. The van der Waals surface area contributed by atoms with Gasteiger partial charge in [0.2, 0.25) is 5.89 Å². The molecule has 1 aliphatic rings. The third kappa shape index (κ3) is 2.04. The molecule has 120 valence electrons. The van der Waals surface area contributed by atoms with Gasteiger partial charge in [-0.25, -0.2) is 4.98 Å². The van der Waals surface area contributed by atoms with E-state index in [9.17, 15) is 4.79 Å². The minimum Gasteiger partial charge on any atom is -0.445 e. The summed E-state index contributed by atoms with van der Waals surface area (Å²) in [6.45, 7) is 0. The molecule has 1 aliphatic heterocycles. The van der Waals surface area contributed by atoms with Crippen LogP contribution in [-0.2, 0) is 4.79 Å². The van der Waals surface area contributed by atoms with Crippen molar-refractivity contribution in [2.24, 2.45) is 0 Å². The van der Waals surface area contributed by atoms with Gasteiger partial charge in [0.05, 0.1) is 18.1 Å². The lowest BCUT2D eigenvalue weighted by Gasteiger charge is -2.11. The SMILES string of the molecule is O=C1Oc2cccc(-c3ncco3)c2C1c1nncc2ccccc12. The van der Waals surface area contributed by atoms with Gasteiger partial charge in [-0.05, 0) is 12.1 Å². The van der Waals surface area contributed by atoms with Crippen molar-refractivity contribution in [3.05, 3.63) is 72.4 Å². The number of carbonyl (C=O) groups is 1. The Balaban J connectivity index is 1.79. The third-order valence-electron chi connectivity index (χ3n) is 4.34. The average molecular weight is 329 g/mol. The summed E-state index contributed by atoms with van der Waals surface area (Å²) in [6, 6.07) is 13.1. The number of aromatic nitrogens is 3. The molecule has 1 atom stereocenters. The van der Waals surface area contributed by atoms with Crippen molar-refractivity contribution in [1.29, 1.82) is 0 Å². The van der Waals surface area contributed by atoms with Crippen molar-refractivity contribution in [3.8, 4) is 17.2 Å². The number of esters is 1. The van der Waals surface area contributed by atoms with Gasteiger partial charge in [-0.2, -0.15) is 10.2 Å². The van der Waals surface area contributed by atoms with Gasteiger partial charge < -0.3 is 9.15 Å². The van der Waals surface area contributed by atoms with Crippen LogP contribution >= 0.6 is 0 Å². The van der Waals surface area contributed by atoms with Crippen molar-refractivity contribution < 1.29 is 13.9 Å². The zero-order chi connectivity index (χ0) is 16.8. The minimum absolute atomic E-state index is 0.375. The van der Waals surface area contributed by atoms with E-state index in [0.29, 0.717) is 28.5 Å². The molecule has 0 aliphatic carbocycles. The molecule has 2 aromatic heterocycles. The molecular formula is C19H11N3O3. The molecule has 2 aromatic carbocycles. The topological polar surface area (TPSA) is 78.1 Å². The van der Waals surface area contributed by atoms with Gasteiger partial charge in [-0.15, -0.1) is 0 Å². The molecule has 0 amide bonds. The fourth-order valence-electron chi connectivity index (χ4n) is 3.27. The Bertz CT molecular complexity index is 1100. The zero-order valence-electron chi connectivity index (χ0n) is 12.9. The molecular weight excluding hydrogens is 318 g/mol. The summed E-state index contributed by atoms with van der Waals surface area (Å²) in [5.74, 6) is -0.106. The predicted octanol–water partition coefficient (Wildman–Crippen LogP) is 3.34. The molecule has 25 heavy (non-hydrogen) atoms. The van der Waals surface area contributed by atoms with Gasteiger partial charge in [0.25, 0.3) is 0 Å². The second-order valence-electron chi connectivity index (χ2n) is 5.73. The van der Waals surface area contributed by atoms with Gasteiger partial charge in [0.1, 0.15) is 17.9 Å². The van der Waals surface area contributed by atoms with Crippen molar-refractivity contribution >= 4 is 16.7 Å². The number of benzene rings is 2. The Morgan fingerprint density at radius 3 is 2.84 bits per heavy atom. The molecule has 4 aromatic rings. The Hall–Kier alpha value is -3.54. The maximum atomic E-state index is 12.7. The molecule has 0 radical (unpaired) electrons. The largest absolute Gasteiger partial charge is 0.445 e. The van der Waals surface area contributed by atoms with E-state index < -0.39 is 5.92 Å². The normalized spacial score (nSPS) is 16.0. The van der Waals surface area contributed by atoms with Crippen molar-refractivity contribution in [2.45, 2.75) is 5.92 Å². The molecule has 6 heteroatoms. The summed E-state index contributed by atoms with van der Waals surface area (Å²) in [6.07, 6.45) is 4.75. The van der Waals surface area contributed by atoms with E-state index in [0.717, 1.165) is 10.8 Å². The molecule has 0 fully saturated rings.